The Hall–Kier alpha value is -1.08. The highest BCUT2D eigenvalue weighted by atomic mass is 79.9. The van der Waals surface area contributed by atoms with E-state index in [2.05, 4.69) is 16.1 Å². The van der Waals surface area contributed by atoms with Gasteiger partial charge in [-0.15, -0.1) is 0 Å². The minimum absolute atomic E-state index is 0.138. The van der Waals surface area contributed by atoms with Crippen molar-refractivity contribution in [1.82, 2.24) is 3.59 Å². The van der Waals surface area contributed by atoms with Gasteiger partial charge in [-0.3, -0.25) is 4.79 Å². The minimum atomic E-state index is -0.329. The molecule has 0 atom stereocenters. The maximum atomic E-state index is 10.9. The fourth-order valence-electron chi connectivity index (χ4n) is 0.554. The highest BCUT2D eigenvalue weighted by Gasteiger charge is 1.96. The number of nitriles is 1. The number of pyridine rings is 1. The molecular weight excluding hydrogens is 196 g/mol. The molecule has 0 aliphatic rings. The Bertz CT molecular complexity index is 336. The van der Waals surface area contributed by atoms with E-state index in [0.29, 0.717) is 0 Å². The third-order valence-corrected chi connectivity index (χ3v) is 1.58. The molecule has 0 aromatic carbocycles. The van der Waals surface area contributed by atoms with E-state index in [1.807, 2.05) is 0 Å². The zero-order chi connectivity index (χ0) is 7.56. The van der Waals surface area contributed by atoms with Gasteiger partial charge in [0.15, 0.2) is 0 Å². The predicted octanol–water partition coefficient (Wildman–Crippen LogP) is 0.878. The lowest BCUT2D eigenvalue weighted by atomic mass is 10.3. The SMILES string of the molecule is N#Cc1cccn(Br)c1=O. The van der Waals surface area contributed by atoms with E-state index >= 15 is 0 Å². The van der Waals surface area contributed by atoms with Gasteiger partial charge in [0.05, 0.1) is 16.1 Å². The van der Waals surface area contributed by atoms with Crippen molar-refractivity contribution in [3.05, 3.63) is 34.2 Å². The van der Waals surface area contributed by atoms with E-state index in [4.69, 9.17) is 5.26 Å². The van der Waals surface area contributed by atoms with Crippen LogP contribution in [-0.4, -0.2) is 3.59 Å². The summed E-state index contributed by atoms with van der Waals surface area (Å²) in [4.78, 5) is 10.9. The number of rotatable bonds is 0. The van der Waals surface area contributed by atoms with Crippen LogP contribution in [0.25, 0.3) is 0 Å². The molecular formula is C6H3BrN2O. The second-order valence-corrected chi connectivity index (χ2v) is 2.41. The average molecular weight is 199 g/mol. The Morgan fingerprint density at radius 3 is 2.90 bits per heavy atom. The second-order valence-electron chi connectivity index (χ2n) is 1.65. The lowest BCUT2D eigenvalue weighted by molar-refractivity contribution is 1.15. The summed E-state index contributed by atoms with van der Waals surface area (Å²) in [6.45, 7) is 0. The summed E-state index contributed by atoms with van der Waals surface area (Å²) in [6, 6.07) is 4.86. The Balaban J connectivity index is 3.47. The quantitative estimate of drug-likeness (QED) is 0.622. The van der Waals surface area contributed by atoms with Crippen molar-refractivity contribution < 1.29 is 0 Å². The first-order valence-corrected chi connectivity index (χ1v) is 3.24. The van der Waals surface area contributed by atoms with Crippen molar-refractivity contribution in [3.8, 4) is 6.07 Å². The molecule has 1 rings (SSSR count). The van der Waals surface area contributed by atoms with Gasteiger partial charge in [-0.05, 0) is 12.1 Å². The lowest BCUT2D eigenvalue weighted by Crippen LogP contribution is -2.13. The van der Waals surface area contributed by atoms with E-state index in [9.17, 15) is 4.79 Å². The van der Waals surface area contributed by atoms with Crippen LogP contribution in [0.3, 0.4) is 0 Å². The van der Waals surface area contributed by atoms with E-state index in [1.54, 1.807) is 12.1 Å². The van der Waals surface area contributed by atoms with Gasteiger partial charge in [0, 0.05) is 6.20 Å². The molecule has 0 amide bonds. The highest BCUT2D eigenvalue weighted by Crippen LogP contribution is 1.91. The first-order chi connectivity index (χ1) is 4.75. The number of halogens is 1. The molecule has 0 spiro atoms. The van der Waals surface area contributed by atoms with Crippen LogP contribution < -0.4 is 5.56 Å². The van der Waals surface area contributed by atoms with Gasteiger partial charge in [0.25, 0.3) is 5.56 Å². The number of nitrogens with zero attached hydrogens (tertiary/aromatic N) is 2. The summed E-state index contributed by atoms with van der Waals surface area (Å²) in [5.41, 5.74) is -0.190. The van der Waals surface area contributed by atoms with Gasteiger partial charge in [0.2, 0.25) is 0 Å². The predicted molar refractivity (Wildman–Crippen MR) is 39.7 cm³/mol. The molecule has 0 bridgehead atoms. The number of aromatic nitrogens is 1. The molecule has 10 heavy (non-hydrogen) atoms. The van der Waals surface area contributed by atoms with E-state index in [1.165, 1.54) is 15.9 Å². The van der Waals surface area contributed by atoms with Crippen LogP contribution in [-0.2, 0) is 0 Å². The molecule has 0 aliphatic heterocycles. The summed E-state index contributed by atoms with van der Waals surface area (Å²) in [5.74, 6) is 0. The molecule has 0 radical (unpaired) electrons. The van der Waals surface area contributed by atoms with Crippen molar-refractivity contribution in [2.45, 2.75) is 0 Å². The van der Waals surface area contributed by atoms with Crippen LogP contribution >= 0.6 is 16.1 Å². The number of hydrogen-bond donors (Lipinski definition) is 0. The van der Waals surface area contributed by atoms with Crippen molar-refractivity contribution >= 4 is 16.1 Å². The first-order valence-electron chi connectivity index (χ1n) is 2.53. The fraction of sp³-hybridized carbons (Fsp3) is 0. The Morgan fingerprint density at radius 1 is 1.70 bits per heavy atom. The van der Waals surface area contributed by atoms with Crippen LogP contribution in [0.4, 0.5) is 0 Å². The maximum Gasteiger partial charge on any atom is 0.278 e. The normalized spacial score (nSPS) is 8.80. The number of hydrogen-bond acceptors (Lipinski definition) is 2. The molecule has 4 heteroatoms. The van der Waals surface area contributed by atoms with Crippen LogP contribution in [0.2, 0.25) is 0 Å². The maximum absolute atomic E-state index is 10.9. The van der Waals surface area contributed by atoms with Crippen LogP contribution in [0, 0.1) is 11.3 Å². The Labute approximate surface area is 65.9 Å². The molecule has 0 unspecified atom stereocenters. The largest absolute Gasteiger partial charge is 0.278 e. The molecule has 0 saturated heterocycles. The fourth-order valence-corrected chi connectivity index (χ4v) is 0.882. The van der Waals surface area contributed by atoms with Crippen molar-refractivity contribution in [2.75, 3.05) is 0 Å². The summed E-state index contributed by atoms with van der Waals surface area (Å²) in [6.07, 6.45) is 1.53. The zero-order valence-corrected chi connectivity index (χ0v) is 6.50. The van der Waals surface area contributed by atoms with Crippen molar-refractivity contribution in [3.63, 3.8) is 0 Å². The van der Waals surface area contributed by atoms with Crippen LogP contribution in [0.5, 0.6) is 0 Å². The van der Waals surface area contributed by atoms with Gasteiger partial charge >= 0.3 is 0 Å². The molecule has 0 aliphatic carbocycles. The van der Waals surface area contributed by atoms with Crippen LogP contribution in [0.15, 0.2) is 23.1 Å². The van der Waals surface area contributed by atoms with Crippen molar-refractivity contribution in [2.24, 2.45) is 0 Å². The Kier molecular flexibility index (Phi) is 1.88. The molecule has 3 nitrogen and oxygen atoms in total. The Morgan fingerprint density at radius 2 is 2.40 bits per heavy atom. The lowest BCUT2D eigenvalue weighted by Gasteiger charge is -1.90. The smallest absolute Gasteiger partial charge is 0.267 e. The average Bonchev–Trinajstić information content (AvgIpc) is 1.95. The van der Waals surface area contributed by atoms with E-state index in [0.717, 1.165) is 0 Å². The van der Waals surface area contributed by atoms with Gasteiger partial charge in [0.1, 0.15) is 11.6 Å². The molecule has 1 heterocycles. The van der Waals surface area contributed by atoms with Gasteiger partial charge < -0.3 is 0 Å². The molecule has 0 saturated carbocycles. The van der Waals surface area contributed by atoms with E-state index < -0.39 is 0 Å². The highest BCUT2D eigenvalue weighted by molar-refractivity contribution is 9.08. The molecule has 1 aromatic heterocycles. The van der Waals surface area contributed by atoms with Gasteiger partial charge in [-0.2, -0.15) is 5.26 Å². The van der Waals surface area contributed by atoms with E-state index in [-0.39, 0.29) is 11.1 Å². The van der Waals surface area contributed by atoms with Crippen LogP contribution in [0.1, 0.15) is 5.56 Å². The third-order valence-electron chi connectivity index (χ3n) is 1.02. The summed E-state index contributed by atoms with van der Waals surface area (Å²) < 4.78 is 1.19. The van der Waals surface area contributed by atoms with Gasteiger partial charge in [-0.1, -0.05) is 0 Å². The van der Waals surface area contributed by atoms with Crippen molar-refractivity contribution in [1.29, 1.82) is 5.26 Å². The third kappa shape index (κ3) is 1.09. The first kappa shape index (κ1) is 7.03. The summed E-state index contributed by atoms with van der Waals surface area (Å²) in [7, 11) is 0. The molecule has 0 N–H and O–H groups in total. The zero-order valence-electron chi connectivity index (χ0n) is 4.91. The summed E-state index contributed by atoms with van der Waals surface area (Å²) in [5, 5.41) is 8.36. The summed E-state index contributed by atoms with van der Waals surface area (Å²) >= 11 is 2.94. The molecule has 50 valence electrons. The second kappa shape index (κ2) is 2.67. The minimum Gasteiger partial charge on any atom is -0.267 e. The topological polar surface area (TPSA) is 45.8 Å². The molecule has 0 fully saturated rings. The monoisotopic (exact) mass is 198 g/mol. The van der Waals surface area contributed by atoms with Gasteiger partial charge in [-0.25, -0.2) is 3.59 Å². The standard InChI is InChI=1S/C6H3BrN2O/c7-9-3-1-2-5(4-8)6(9)10/h1-3H. The molecule has 1 aromatic rings.